The van der Waals surface area contributed by atoms with Gasteiger partial charge in [0.1, 0.15) is 24.5 Å². The molecule has 1 saturated heterocycles. The van der Waals surface area contributed by atoms with Gasteiger partial charge in [-0.2, -0.15) is 0 Å². The topological polar surface area (TPSA) is 59.5 Å². The Morgan fingerprint density at radius 3 is 2.81 bits per heavy atom. The summed E-state index contributed by atoms with van der Waals surface area (Å²) in [5, 5.41) is 3.76. The van der Waals surface area contributed by atoms with Gasteiger partial charge in [-0.15, -0.1) is 23.7 Å². The van der Waals surface area contributed by atoms with E-state index in [9.17, 15) is 4.39 Å². The summed E-state index contributed by atoms with van der Waals surface area (Å²) in [7, 11) is 0. The zero-order chi connectivity index (χ0) is 24.0. The average molecular weight is 545 g/mol. The fourth-order valence-electron chi connectivity index (χ4n) is 3.62. The van der Waals surface area contributed by atoms with Crippen molar-refractivity contribution in [2.24, 2.45) is 0 Å². The minimum Gasteiger partial charge on any atom is -0.487 e. The Kier molecular flexibility index (Phi) is 8.97. The monoisotopic (exact) mass is 544 g/mol. The lowest BCUT2D eigenvalue weighted by atomic mass is 10.2. The van der Waals surface area contributed by atoms with E-state index in [4.69, 9.17) is 21.1 Å². The number of ether oxygens (including phenoxy) is 2. The molecule has 0 amide bonds. The zero-order valence-corrected chi connectivity index (χ0v) is 21.6. The molecule has 2 aromatic carbocycles. The summed E-state index contributed by atoms with van der Waals surface area (Å²) >= 11 is 7.99. The predicted octanol–water partition coefficient (Wildman–Crippen LogP) is 5.91. The number of halogens is 3. The van der Waals surface area contributed by atoms with Crippen LogP contribution in [0.1, 0.15) is 10.4 Å². The van der Waals surface area contributed by atoms with Gasteiger partial charge in [-0.3, -0.25) is 4.90 Å². The molecule has 0 atom stereocenters. The summed E-state index contributed by atoms with van der Waals surface area (Å²) in [5.41, 5.74) is 2.33. The Morgan fingerprint density at radius 2 is 2.00 bits per heavy atom. The number of morpholine rings is 1. The van der Waals surface area contributed by atoms with Crippen molar-refractivity contribution < 1.29 is 13.9 Å². The van der Waals surface area contributed by atoms with Gasteiger partial charge < -0.3 is 14.8 Å². The van der Waals surface area contributed by atoms with E-state index < -0.39 is 0 Å². The van der Waals surface area contributed by atoms with Gasteiger partial charge >= 0.3 is 0 Å². The highest BCUT2D eigenvalue weighted by Crippen LogP contribution is 2.33. The zero-order valence-electron chi connectivity index (χ0n) is 19.2. The lowest BCUT2D eigenvalue weighted by Gasteiger charge is -2.24. The van der Waals surface area contributed by atoms with E-state index in [1.807, 2.05) is 12.1 Å². The highest BCUT2D eigenvalue weighted by Gasteiger charge is 2.11. The molecule has 5 rings (SSSR count). The van der Waals surface area contributed by atoms with E-state index in [1.54, 1.807) is 35.6 Å². The van der Waals surface area contributed by atoms with E-state index in [0.29, 0.717) is 16.6 Å². The van der Waals surface area contributed by atoms with Crippen LogP contribution >= 0.6 is 35.3 Å². The maximum absolute atomic E-state index is 13.4. The fourth-order valence-corrected chi connectivity index (χ4v) is 4.79. The highest BCUT2D eigenvalue weighted by atomic mass is 35.5. The molecule has 0 saturated carbocycles. The maximum atomic E-state index is 13.4. The van der Waals surface area contributed by atoms with Crippen LogP contribution in [0, 0.1) is 17.7 Å². The average Bonchev–Trinajstić information content (AvgIpc) is 3.28. The molecule has 1 aliphatic heterocycles. The Morgan fingerprint density at radius 1 is 1.14 bits per heavy atom. The summed E-state index contributed by atoms with van der Waals surface area (Å²) in [6, 6.07) is 13.7. The number of nitrogens with zero attached hydrogens (tertiary/aromatic N) is 3. The van der Waals surface area contributed by atoms with Crippen molar-refractivity contribution in [3.8, 4) is 17.6 Å². The second-order valence-corrected chi connectivity index (χ2v) is 9.39. The summed E-state index contributed by atoms with van der Waals surface area (Å²) in [4.78, 5) is 12.0. The lowest BCUT2D eigenvalue weighted by Crippen LogP contribution is -2.36. The third kappa shape index (κ3) is 6.64. The molecule has 1 aliphatic rings. The maximum Gasteiger partial charge on any atom is 0.151 e. The number of thiophene rings is 1. The van der Waals surface area contributed by atoms with Crippen LogP contribution in [0.15, 0.2) is 54.9 Å². The Balaban J connectivity index is 0.00000304. The molecule has 36 heavy (non-hydrogen) atoms. The van der Waals surface area contributed by atoms with Crippen LogP contribution in [-0.2, 0) is 11.3 Å². The van der Waals surface area contributed by atoms with Gasteiger partial charge in [0.05, 0.1) is 39.9 Å². The lowest BCUT2D eigenvalue weighted by molar-refractivity contribution is 0.0443. The number of nitrogens with one attached hydrogen (secondary N) is 1. The quantitative estimate of drug-likeness (QED) is 0.304. The normalized spacial score (nSPS) is 13.5. The van der Waals surface area contributed by atoms with Gasteiger partial charge in [-0.25, -0.2) is 14.4 Å². The fraction of sp³-hybridized carbons (Fsp3) is 0.231. The van der Waals surface area contributed by atoms with Gasteiger partial charge in [0.15, 0.2) is 5.82 Å². The van der Waals surface area contributed by atoms with Crippen molar-refractivity contribution in [3.05, 3.63) is 76.1 Å². The van der Waals surface area contributed by atoms with Crippen molar-refractivity contribution in [1.29, 1.82) is 0 Å². The van der Waals surface area contributed by atoms with Gasteiger partial charge in [-0.05, 0) is 42.0 Å². The van der Waals surface area contributed by atoms with Gasteiger partial charge in [0.25, 0.3) is 0 Å². The minimum absolute atomic E-state index is 0. The molecule has 1 N–H and O–H groups in total. The molecule has 4 aromatic rings. The highest BCUT2D eigenvalue weighted by molar-refractivity contribution is 7.20. The molecule has 3 heterocycles. The third-order valence-electron chi connectivity index (χ3n) is 5.41. The van der Waals surface area contributed by atoms with Crippen LogP contribution in [0.3, 0.4) is 0 Å². The van der Waals surface area contributed by atoms with E-state index in [0.717, 1.165) is 59.2 Å². The van der Waals surface area contributed by atoms with Crippen molar-refractivity contribution in [3.63, 3.8) is 0 Å². The van der Waals surface area contributed by atoms with Crippen molar-refractivity contribution in [1.82, 2.24) is 14.9 Å². The molecule has 1 fully saturated rings. The Hall–Kier alpha value is -2.93. The summed E-state index contributed by atoms with van der Waals surface area (Å²) in [5.74, 6) is 7.41. The largest absolute Gasteiger partial charge is 0.487 e. The molecular weight excluding hydrogens is 522 g/mol. The third-order valence-corrected chi connectivity index (χ3v) is 6.75. The number of anilines is 2. The number of rotatable bonds is 6. The van der Waals surface area contributed by atoms with Crippen LogP contribution in [0.4, 0.5) is 15.9 Å². The summed E-state index contributed by atoms with van der Waals surface area (Å²) < 4.78 is 25.4. The molecule has 0 unspecified atom stereocenters. The van der Waals surface area contributed by atoms with Gasteiger partial charge in [0.2, 0.25) is 0 Å². The van der Waals surface area contributed by atoms with Crippen molar-refractivity contribution in [2.45, 2.75) is 6.61 Å². The molecule has 186 valence electrons. The van der Waals surface area contributed by atoms with Gasteiger partial charge in [-0.1, -0.05) is 35.6 Å². The first-order valence-electron chi connectivity index (χ1n) is 11.1. The second kappa shape index (κ2) is 12.3. The Bertz CT molecular complexity index is 1400. The molecular formula is C26H23Cl2FN4O2S. The second-order valence-electron chi connectivity index (χ2n) is 7.93. The molecule has 0 spiro atoms. The summed E-state index contributed by atoms with van der Waals surface area (Å²) in [6.07, 6.45) is 1.53. The van der Waals surface area contributed by atoms with Crippen LogP contribution in [0.5, 0.6) is 5.75 Å². The first-order chi connectivity index (χ1) is 17.1. The van der Waals surface area contributed by atoms with E-state index in [2.05, 4.69) is 32.0 Å². The Labute approximate surface area is 223 Å². The number of hydrogen-bond acceptors (Lipinski definition) is 7. The van der Waals surface area contributed by atoms with E-state index in [-0.39, 0.29) is 24.8 Å². The standard InChI is InChI=1S/C26H22ClFN4O2S.ClH/c27-22-14-20(6-7-24(22)34-16-18-3-1-4-19(28)13-18)31-26-25-23(29-17-30-26)15-21(35-25)5-2-8-32-9-11-33-12-10-32;/h1,3-4,6-7,13-15,17H,8-12,16H2,(H,29,30,31);1H. The van der Waals surface area contributed by atoms with E-state index in [1.165, 1.54) is 18.5 Å². The SMILES string of the molecule is Cl.Fc1cccc(COc2ccc(Nc3ncnc4cc(C#CCN5CCOCC5)sc34)cc2Cl)c1. The van der Waals surface area contributed by atoms with E-state index >= 15 is 0 Å². The van der Waals surface area contributed by atoms with Crippen molar-refractivity contribution in [2.75, 3.05) is 38.2 Å². The number of benzene rings is 2. The van der Waals surface area contributed by atoms with Crippen LogP contribution in [0.25, 0.3) is 10.2 Å². The smallest absolute Gasteiger partial charge is 0.151 e. The first kappa shape index (κ1) is 26.1. The summed E-state index contributed by atoms with van der Waals surface area (Å²) in [6.45, 7) is 4.30. The molecule has 0 bridgehead atoms. The first-order valence-corrected chi connectivity index (χ1v) is 12.3. The van der Waals surface area contributed by atoms with Crippen LogP contribution in [-0.4, -0.2) is 47.7 Å². The predicted molar refractivity (Wildman–Crippen MR) is 144 cm³/mol. The van der Waals surface area contributed by atoms with Crippen LogP contribution < -0.4 is 10.1 Å². The number of aromatic nitrogens is 2. The molecule has 10 heteroatoms. The van der Waals surface area contributed by atoms with Crippen LogP contribution in [0.2, 0.25) is 5.02 Å². The molecule has 0 radical (unpaired) electrons. The minimum atomic E-state index is -0.298. The van der Waals surface area contributed by atoms with Gasteiger partial charge in [0, 0.05) is 18.8 Å². The molecule has 0 aliphatic carbocycles. The molecule has 6 nitrogen and oxygen atoms in total. The molecule has 2 aromatic heterocycles. The number of hydrogen-bond donors (Lipinski definition) is 1. The number of fused-ring (bicyclic) bond motifs is 1. The van der Waals surface area contributed by atoms with Crippen molar-refractivity contribution >= 4 is 57.1 Å².